The molecule has 0 atom stereocenters. The Bertz CT molecular complexity index is 898. The molecule has 0 spiro atoms. The van der Waals surface area contributed by atoms with Crippen molar-refractivity contribution in [1.82, 2.24) is 9.62 Å². The molecule has 0 saturated heterocycles. The Labute approximate surface area is 165 Å². The van der Waals surface area contributed by atoms with Crippen molar-refractivity contribution < 1.29 is 17.9 Å². The standard InChI is InChI=1S/C19H23ClN2O4S/c1-14-4-8-17(9-5-14)27(24,25)22(3)13-19(23)21-10-11-26-16-7-6-15(2)18(20)12-16/h4-9,12H,10-11,13H2,1-3H3,(H,21,23). The molecule has 1 amide bonds. The van der Waals surface area contributed by atoms with Crippen LogP contribution in [-0.2, 0) is 14.8 Å². The van der Waals surface area contributed by atoms with E-state index in [1.165, 1.54) is 19.2 Å². The number of sulfonamides is 1. The Balaban J connectivity index is 1.80. The third-order valence-electron chi connectivity index (χ3n) is 3.93. The average Bonchev–Trinajstić information content (AvgIpc) is 2.62. The second kappa shape index (κ2) is 9.21. The zero-order valence-corrected chi connectivity index (χ0v) is 17.1. The van der Waals surface area contributed by atoms with Crippen molar-refractivity contribution in [2.24, 2.45) is 0 Å². The van der Waals surface area contributed by atoms with Crippen molar-refractivity contribution in [2.75, 3.05) is 26.7 Å². The number of hydrogen-bond acceptors (Lipinski definition) is 4. The molecule has 0 bridgehead atoms. The zero-order valence-electron chi connectivity index (χ0n) is 15.5. The number of hydrogen-bond donors (Lipinski definition) is 1. The normalized spacial score (nSPS) is 11.4. The topological polar surface area (TPSA) is 75.7 Å². The summed E-state index contributed by atoms with van der Waals surface area (Å²) in [5.41, 5.74) is 1.92. The van der Waals surface area contributed by atoms with Gasteiger partial charge in [-0.3, -0.25) is 4.79 Å². The second-order valence-corrected chi connectivity index (χ2v) is 8.64. The number of amides is 1. The van der Waals surface area contributed by atoms with E-state index in [0.717, 1.165) is 15.4 Å². The number of rotatable bonds is 8. The highest BCUT2D eigenvalue weighted by molar-refractivity contribution is 7.89. The van der Waals surface area contributed by atoms with Crippen LogP contribution >= 0.6 is 11.6 Å². The molecule has 8 heteroatoms. The Morgan fingerprint density at radius 2 is 1.81 bits per heavy atom. The van der Waals surface area contributed by atoms with E-state index in [4.69, 9.17) is 16.3 Å². The van der Waals surface area contributed by atoms with Gasteiger partial charge in [0, 0.05) is 12.1 Å². The summed E-state index contributed by atoms with van der Waals surface area (Å²) < 4.78 is 31.5. The number of ether oxygens (including phenoxy) is 1. The predicted molar refractivity (Wildman–Crippen MR) is 106 cm³/mol. The third-order valence-corrected chi connectivity index (χ3v) is 6.16. The first-order valence-electron chi connectivity index (χ1n) is 8.39. The fourth-order valence-electron chi connectivity index (χ4n) is 2.26. The van der Waals surface area contributed by atoms with Gasteiger partial charge in [-0.05, 0) is 43.7 Å². The van der Waals surface area contributed by atoms with Gasteiger partial charge in [0.15, 0.2) is 0 Å². The van der Waals surface area contributed by atoms with E-state index in [2.05, 4.69) is 5.32 Å². The Hall–Kier alpha value is -2.09. The summed E-state index contributed by atoms with van der Waals surface area (Å²) in [6.07, 6.45) is 0. The molecule has 0 radical (unpaired) electrons. The van der Waals surface area contributed by atoms with Gasteiger partial charge in [0.25, 0.3) is 0 Å². The second-order valence-electron chi connectivity index (χ2n) is 6.18. The number of carbonyl (C=O) groups is 1. The number of aryl methyl sites for hydroxylation is 2. The van der Waals surface area contributed by atoms with E-state index in [0.29, 0.717) is 10.8 Å². The lowest BCUT2D eigenvalue weighted by molar-refractivity contribution is -0.121. The highest BCUT2D eigenvalue weighted by atomic mass is 35.5. The molecule has 0 heterocycles. The Morgan fingerprint density at radius 3 is 2.44 bits per heavy atom. The molecule has 6 nitrogen and oxygen atoms in total. The van der Waals surface area contributed by atoms with Crippen LogP contribution in [-0.4, -0.2) is 45.4 Å². The van der Waals surface area contributed by atoms with Gasteiger partial charge >= 0.3 is 0 Å². The SMILES string of the molecule is Cc1ccc(S(=O)(=O)N(C)CC(=O)NCCOc2ccc(C)c(Cl)c2)cc1. The molecule has 0 aliphatic heterocycles. The van der Waals surface area contributed by atoms with E-state index in [9.17, 15) is 13.2 Å². The van der Waals surface area contributed by atoms with Crippen molar-refractivity contribution >= 4 is 27.5 Å². The molecule has 0 aliphatic carbocycles. The maximum atomic E-state index is 12.5. The first-order chi connectivity index (χ1) is 12.7. The molecule has 2 aromatic rings. The molecule has 0 aromatic heterocycles. The molecule has 27 heavy (non-hydrogen) atoms. The van der Waals surface area contributed by atoms with Crippen LogP contribution in [0, 0.1) is 13.8 Å². The highest BCUT2D eigenvalue weighted by Gasteiger charge is 2.22. The van der Waals surface area contributed by atoms with Gasteiger partial charge in [0.05, 0.1) is 18.0 Å². The van der Waals surface area contributed by atoms with Gasteiger partial charge in [-0.1, -0.05) is 35.4 Å². The monoisotopic (exact) mass is 410 g/mol. The maximum Gasteiger partial charge on any atom is 0.243 e. The van der Waals surface area contributed by atoms with E-state index < -0.39 is 15.9 Å². The van der Waals surface area contributed by atoms with E-state index in [-0.39, 0.29) is 24.6 Å². The number of benzene rings is 2. The smallest absolute Gasteiger partial charge is 0.243 e. The molecular formula is C19H23ClN2O4S. The van der Waals surface area contributed by atoms with Gasteiger partial charge in [-0.2, -0.15) is 4.31 Å². The van der Waals surface area contributed by atoms with Crippen molar-refractivity contribution in [1.29, 1.82) is 0 Å². The molecule has 0 unspecified atom stereocenters. The van der Waals surface area contributed by atoms with Gasteiger partial charge in [0.1, 0.15) is 12.4 Å². The van der Waals surface area contributed by atoms with E-state index >= 15 is 0 Å². The minimum Gasteiger partial charge on any atom is -0.492 e. The fourth-order valence-corrected chi connectivity index (χ4v) is 3.55. The first kappa shape index (κ1) is 21.2. The molecule has 2 rings (SSSR count). The Kier molecular flexibility index (Phi) is 7.24. The summed E-state index contributed by atoms with van der Waals surface area (Å²) in [6.45, 7) is 4.00. The van der Waals surface area contributed by atoms with Crippen LogP contribution in [0.25, 0.3) is 0 Å². The highest BCUT2D eigenvalue weighted by Crippen LogP contribution is 2.21. The molecular weight excluding hydrogens is 388 g/mol. The number of likely N-dealkylation sites (N-methyl/N-ethyl adjacent to an activating group) is 1. The predicted octanol–water partition coefficient (Wildman–Crippen LogP) is 2.77. The fraction of sp³-hybridized carbons (Fsp3) is 0.316. The summed E-state index contributed by atoms with van der Waals surface area (Å²) in [5, 5.41) is 3.25. The van der Waals surface area contributed by atoms with E-state index in [1.54, 1.807) is 24.3 Å². The quantitative estimate of drug-likeness (QED) is 0.679. The first-order valence-corrected chi connectivity index (χ1v) is 10.2. The Morgan fingerprint density at radius 1 is 1.15 bits per heavy atom. The van der Waals surface area contributed by atoms with Gasteiger partial charge in [0.2, 0.25) is 15.9 Å². The minimum atomic E-state index is -3.71. The maximum absolute atomic E-state index is 12.5. The van der Waals surface area contributed by atoms with Crippen molar-refractivity contribution in [2.45, 2.75) is 18.7 Å². The lowest BCUT2D eigenvalue weighted by atomic mass is 10.2. The number of carbonyl (C=O) groups excluding carboxylic acids is 1. The summed E-state index contributed by atoms with van der Waals surface area (Å²) in [4.78, 5) is 12.2. The van der Waals surface area contributed by atoms with Crippen molar-refractivity contribution in [3.05, 3.63) is 58.6 Å². The minimum absolute atomic E-state index is 0.156. The zero-order chi connectivity index (χ0) is 20.0. The van der Waals surface area contributed by atoms with Crippen LogP contribution in [0.4, 0.5) is 0 Å². The van der Waals surface area contributed by atoms with Crippen LogP contribution in [0.15, 0.2) is 47.4 Å². The van der Waals surface area contributed by atoms with Crippen molar-refractivity contribution in [3.8, 4) is 5.75 Å². The van der Waals surface area contributed by atoms with Crippen LogP contribution in [0.5, 0.6) is 5.75 Å². The number of nitrogens with one attached hydrogen (secondary N) is 1. The van der Waals surface area contributed by atoms with Crippen LogP contribution in [0.2, 0.25) is 5.02 Å². The lowest BCUT2D eigenvalue weighted by Gasteiger charge is -2.17. The molecule has 1 N–H and O–H groups in total. The largest absolute Gasteiger partial charge is 0.492 e. The lowest BCUT2D eigenvalue weighted by Crippen LogP contribution is -2.39. The molecule has 0 aliphatic rings. The van der Waals surface area contributed by atoms with Gasteiger partial charge in [-0.25, -0.2) is 8.42 Å². The number of halogens is 1. The molecule has 0 saturated carbocycles. The van der Waals surface area contributed by atoms with Gasteiger partial charge in [-0.15, -0.1) is 0 Å². The van der Waals surface area contributed by atoms with Gasteiger partial charge < -0.3 is 10.1 Å². The van der Waals surface area contributed by atoms with Crippen molar-refractivity contribution in [3.63, 3.8) is 0 Å². The molecule has 146 valence electrons. The summed E-state index contributed by atoms with van der Waals surface area (Å²) in [7, 11) is -2.33. The average molecular weight is 411 g/mol. The van der Waals surface area contributed by atoms with Crippen LogP contribution < -0.4 is 10.1 Å². The number of nitrogens with zero attached hydrogens (tertiary/aromatic N) is 1. The third kappa shape index (κ3) is 5.95. The van der Waals surface area contributed by atoms with E-state index in [1.807, 2.05) is 19.9 Å². The van der Waals surface area contributed by atoms with Crippen LogP contribution in [0.1, 0.15) is 11.1 Å². The molecule has 2 aromatic carbocycles. The summed E-state index contributed by atoms with van der Waals surface area (Å²) in [6, 6.07) is 11.8. The molecule has 0 fully saturated rings. The summed E-state index contributed by atoms with van der Waals surface area (Å²) >= 11 is 6.02. The summed E-state index contributed by atoms with van der Waals surface area (Å²) in [5.74, 6) is 0.206. The van der Waals surface area contributed by atoms with Crippen LogP contribution in [0.3, 0.4) is 0 Å².